The van der Waals surface area contributed by atoms with E-state index in [2.05, 4.69) is 15.3 Å². The molecule has 0 bridgehead atoms. The van der Waals surface area contributed by atoms with Crippen LogP contribution in [0.3, 0.4) is 0 Å². The van der Waals surface area contributed by atoms with Crippen molar-refractivity contribution < 1.29 is 19.1 Å². The summed E-state index contributed by atoms with van der Waals surface area (Å²) in [7, 11) is 6.03. The van der Waals surface area contributed by atoms with Crippen LogP contribution >= 0.6 is 0 Å². The monoisotopic (exact) mass is 400 g/mol. The largest absolute Gasteiger partial charge is 0.493 e. The molecule has 29 heavy (non-hydrogen) atoms. The standard InChI is InChI=1S/C18H20N6O5/c1-10(25)15(18(27)22(2)3)23-9-19-16-14(17(23)26)20-21-24(16)11-6-7-12(28-4)13(8-11)29-5/h6-9,15H,1-5H3/t15-/m1/s1. The topological polar surface area (TPSA) is 121 Å². The van der Waals surface area contributed by atoms with Gasteiger partial charge in [0.1, 0.15) is 6.33 Å². The Kier molecular flexibility index (Phi) is 5.31. The van der Waals surface area contributed by atoms with Gasteiger partial charge in [0, 0.05) is 20.2 Å². The maximum Gasteiger partial charge on any atom is 0.284 e. The predicted octanol–water partition coefficient (Wildman–Crippen LogP) is 0.213. The second-order valence-corrected chi connectivity index (χ2v) is 6.42. The molecule has 1 amide bonds. The Morgan fingerprint density at radius 2 is 1.83 bits per heavy atom. The van der Waals surface area contributed by atoms with Gasteiger partial charge in [-0.1, -0.05) is 5.21 Å². The van der Waals surface area contributed by atoms with Crippen LogP contribution in [0.15, 0.2) is 29.3 Å². The first kappa shape index (κ1) is 20.0. The summed E-state index contributed by atoms with van der Waals surface area (Å²) < 4.78 is 12.8. The minimum atomic E-state index is -1.32. The van der Waals surface area contributed by atoms with Crippen LogP contribution in [0.2, 0.25) is 0 Å². The van der Waals surface area contributed by atoms with E-state index in [1.54, 1.807) is 18.2 Å². The molecule has 0 saturated carbocycles. The van der Waals surface area contributed by atoms with Crippen LogP contribution in [-0.2, 0) is 9.59 Å². The Labute approximate surface area is 165 Å². The summed E-state index contributed by atoms with van der Waals surface area (Å²) in [6.07, 6.45) is 1.15. The molecular weight excluding hydrogens is 380 g/mol. The van der Waals surface area contributed by atoms with Crippen molar-refractivity contribution in [2.24, 2.45) is 0 Å². The normalized spacial score (nSPS) is 11.9. The van der Waals surface area contributed by atoms with Crippen LogP contribution in [0.4, 0.5) is 0 Å². The molecule has 1 aromatic carbocycles. The van der Waals surface area contributed by atoms with Crippen molar-refractivity contribution in [3.05, 3.63) is 34.9 Å². The fourth-order valence-corrected chi connectivity index (χ4v) is 2.87. The van der Waals surface area contributed by atoms with E-state index in [1.165, 1.54) is 44.8 Å². The number of rotatable bonds is 6. The van der Waals surface area contributed by atoms with Crippen LogP contribution < -0.4 is 15.0 Å². The summed E-state index contributed by atoms with van der Waals surface area (Å²) in [5.74, 6) is -0.0232. The van der Waals surface area contributed by atoms with Crippen molar-refractivity contribution in [2.45, 2.75) is 13.0 Å². The number of nitrogens with zero attached hydrogens (tertiary/aromatic N) is 6. The lowest BCUT2D eigenvalue weighted by Crippen LogP contribution is -2.40. The van der Waals surface area contributed by atoms with Gasteiger partial charge in [-0.15, -0.1) is 5.10 Å². The SMILES string of the molecule is COc1ccc(-n2nnc3c(=O)n([C@H](C(C)=O)C(=O)N(C)C)cnc32)cc1OC. The first-order chi connectivity index (χ1) is 13.8. The van der Waals surface area contributed by atoms with Crippen LogP contribution in [0.25, 0.3) is 16.9 Å². The average Bonchev–Trinajstić information content (AvgIpc) is 3.13. The van der Waals surface area contributed by atoms with Gasteiger partial charge in [-0.3, -0.25) is 19.0 Å². The molecule has 11 heteroatoms. The number of amides is 1. The highest BCUT2D eigenvalue weighted by atomic mass is 16.5. The third-order valence-corrected chi connectivity index (χ3v) is 4.34. The van der Waals surface area contributed by atoms with Crippen molar-refractivity contribution in [1.82, 2.24) is 29.4 Å². The number of fused-ring (bicyclic) bond motifs is 1. The van der Waals surface area contributed by atoms with Gasteiger partial charge in [-0.2, -0.15) is 4.68 Å². The third-order valence-electron chi connectivity index (χ3n) is 4.34. The molecule has 1 atom stereocenters. The molecule has 152 valence electrons. The van der Waals surface area contributed by atoms with E-state index in [9.17, 15) is 14.4 Å². The minimum Gasteiger partial charge on any atom is -0.493 e. The third kappa shape index (κ3) is 3.42. The van der Waals surface area contributed by atoms with Gasteiger partial charge < -0.3 is 14.4 Å². The van der Waals surface area contributed by atoms with Crippen molar-refractivity contribution in [3.63, 3.8) is 0 Å². The predicted molar refractivity (Wildman–Crippen MR) is 102 cm³/mol. The summed E-state index contributed by atoms with van der Waals surface area (Å²) in [6.45, 7) is 1.24. The number of carbonyl (C=O) groups excluding carboxylic acids is 2. The minimum absolute atomic E-state index is 0.0694. The molecule has 0 aliphatic carbocycles. The van der Waals surface area contributed by atoms with Gasteiger partial charge in [-0.25, -0.2) is 4.98 Å². The molecule has 2 aromatic heterocycles. The van der Waals surface area contributed by atoms with Gasteiger partial charge in [0.15, 0.2) is 34.5 Å². The Balaban J connectivity index is 2.15. The Hall–Kier alpha value is -3.76. The van der Waals surface area contributed by atoms with Gasteiger partial charge in [0.25, 0.3) is 11.5 Å². The van der Waals surface area contributed by atoms with Crippen molar-refractivity contribution in [1.29, 1.82) is 0 Å². The molecule has 0 saturated heterocycles. The maximum atomic E-state index is 12.9. The van der Waals surface area contributed by atoms with Crippen molar-refractivity contribution in [2.75, 3.05) is 28.3 Å². The number of Topliss-reactive ketones (excluding diaryl/α,β-unsaturated/α-hetero) is 1. The highest BCUT2D eigenvalue weighted by Crippen LogP contribution is 2.29. The highest BCUT2D eigenvalue weighted by Gasteiger charge is 2.29. The quantitative estimate of drug-likeness (QED) is 0.539. The van der Waals surface area contributed by atoms with Crippen molar-refractivity contribution in [3.8, 4) is 17.2 Å². The maximum absolute atomic E-state index is 12.9. The van der Waals surface area contributed by atoms with E-state index in [4.69, 9.17) is 9.47 Å². The molecular formula is C18H20N6O5. The molecule has 0 aliphatic heterocycles. The first-order valence-corrected chi connectivity index (χ1v) is 8.56. The molecule has 0 unspecified atom stereocenters. The van der Waals surface area contributed by atoms with E-state index < -0.39 is 23.3 Å². The molecule has 0 fully saturated rings. The summed E-state index contributed by atoms with van der Waals surface area (Å²) in [4.78, 5) is 42.8. The second kappa shape index (κ2) is 7.70. The second-order valence-electron chi connectivity index (χ2n) is 6.42. The molecule has 0 aliphatic rings. The lowest BCUT2D eigenvalue weighted by atomic mass is 10.2. The Morgan fingerprint density at radius 3 is 2.41 bits per heavy atom. The lowest BCUT2D eigenvalue weighted by molar-refractivity contribution is -0.137. The number of ether oxygens (including phenoxy) is 2. The number of carbonyl (C=O) groups is 2. The molecule has 0 N–H and O–H groups in total. The summed E-state index contributed by atoms with van der Waals surface area (Å²) >= 11 is 0. The zero-order chi connectivity index (χ0) is 21.3. The average molecular weight is 400 g/mol. The number of aromatic nitrogens is 5. The van der Waals surface area contributed by atoms with E-state index in [-0.39, 0.29) is 11.2 Å². The molecule has 2 heterocycles. The summed E-state index contributed by atoms with van der Waals surface area (Å²) in [6, 6.07) is 3.73. The zero-order valence-electron chi connectivity index (χ0n) is 16.6. The number of hydrogen-bond acceptors (Lipinski definition) is 8. The molecule has 0 radical (unpaired) electrons. The number of hydrogen-bond donors (Lipinski definition) is 0. The molecule has 0 spiro atoms. The van der Waals surface area contributed by atoms with Crippen LogP contribution in [-0.4, -0.2) is 69.5 Å². The van der Waals surface area contributed by atoms with Gasteiger partial charge in [0.05, 0.1) is 19.9 Å². The van der Waals surface area contributed by atoms with Crippen LogP contribution in [0, 0.1) is 0 Å². The fourth-order valence-electron chi connectivity index (χ4n) is 2.87. The Morgan fingerprint density at radius 1 is 1.14 bits per heavy atom. The number of likely N-dealkylation sites (N-methyl/N-ethyl adjacent to an activating group) is 1. The lowest BCUT2D eigenvalue weighted by Gasteiger charge is -2.19. The first-order valence-electron chi connectivity index (χ1n) is 8.56. The van der Waals surface area contributed by atoms with Gasteiger partial charge >= 0.3 is 0 Å². The van der Waals surface area contributed by atoms with E-state index >= 15 is 0 Å². The van der Waals surface area contributed by atoms with Gasteiger partial charge in [0.2, 0.25) is 0 Å². The fraction of sp³-hybridized carbons (Fsp3) is 0.333. The highest BCUT2D eigenvalue weighted by molar-refractivity contribution is 6.02. The number of methoxy groups -OCH3 is 2. The smallest absolute Gasteiger partial charge is 0.284 e. The molecule has 11 nitrogen and oxygen atoms in total. The number of ketones is 1. The van der Waals surface area contributed by atoms with E-state index in [1.807, 2.05) is 0 Å². The Bertz CT molecular complexity index is 1150. The molecule has 3 rings (SSSR count). The van der Waals surface area contributed by atoms with Crippen LogP contribution in [0.1, 0.15) is 13.0 Å². The summed E-state index contributed by atoms with van der Waals surface area (Å²) in [5.41, 5.74) is 0.0116. The summed E-state index contributed by atoms with van der Waals surface area (Å²) in [5, 5.41) is 7.90. The number of benzene rings is 1. The zero-order valence-corrected chi connectivity index (χ0v) is 16.6. The van der Waals surface area contributed by atoms with Crippen molar-refractivity contribution >= 4 is 22.9 Å². The molecule has 3 aromatic rings. The van der Waals surface area contributed by atoms with Crippen LogP contribution in [0.5, 0.6) is 11.5 Å². The van der Waals surface area contributed by atoms with E-state index in [0.29, 0.717) is 17.2 Å². The van der Waals surface area contributed by atoms with E-state index in [0.717, 1.165) is 10.9 Å². The van der Waals surface area contributed by atoms with Gasteiger partial charge in [-0.05, 0) is 19.1 Å².